The summed E-state index contributed by atoms with van der Waals surface area (Å²) in [5.41, 5.74) is 14.8. The summed E-state index contributed by atoms with van der Waals surface area (Å²) in [5, 5.41) is 16.7. The van der Waals surface area contributed by atoms with Crippen LogP contribution in [0.2, 0.25) is 0 Å². The first kappa shape index (κ1) is 28.4. The van der Waals surface area contributed by atoms with E-state index in [0.29, 0.717) is 11.4 Å². The Hall–Kier alpha value is -6.79. The fourth-order valence-corrected chi connectivity index (χ4v) is 6.50. The molecule has 8 aromatic rings. The highest BCUT2D eigenvalue weighted by atomic mass is 15.3. The van der Waals surface area contributed by atoms with Gasteiger partial charge in [-0.05, 0) is 48.6 Å². The van der Waals surface area contributed by atoms with Gasteiger partial charge in [0.15, 0.2) is 0 Å². The van der Waals surface area contributed by atoms with E-state index in [-0.39, 0.29) is 0 Å². The van der Waals surface area contributed by atoms with Crippen molar-refractivity contribution in [3.05, 3.63) is 163 Å². The third kappa shape index (κ3) is 5.12. The molecule has 2 N–H and O–H groups in total. The van der Waals surface area contributed by atoms with Gasteiger partial charge in [0.05, 0.1) is 45.0 Å². The smallest absolute Gasteiger partial charge is 0.117 e. The summed E-state index contributed by atoms with van der Waals surface area (Å²) in [4.78, 5) is 15.5. The zero-order chi connectivity index (χ0) is 32.7. The lowest BCUT2D eigenvalue weighted by molar-refractivity contribution is 1.32. The number of rotatable bonds is 5. The molecule has 0 unspecified atom stereocenters. The van der Waals surface area contributed by atoms with Gasteiger partial charge in [-0.3, -0.25) is 10.8 Å². The van der Waals surface area contributed by atoms with Crippen LogP contribution >= 0.6 is 0 Å². The van der Waals surface area contributed by atoms with Gasteiger partial charge in [-0.25, -0.2) is 15.0 Å². The van der Waals surface area contributed by atoms with Crippen LogP contribution in [0.15, 0.2) is 157 Å². The molecule has 0 aliphatic heterocycles. The zero-order valence-corrected chi connectivity index (χ0v) is 26.3. The Morgan fingerprint density at radius 3 is 1.80 bits per heavy atom. The number of nitrogens with one attached hydrogen (secondary N) is 2. The lowest BCUT2D eigenvalue weighted by atomic mass is 9.87. The molecule has 230 valence electrons. The van der Waals surface area contributed by atoms with E-state index in [1.54, 1.807) is 6.08 Å². The van der Waals surface area contributed by atoms with Gasteiger partial charge >= 0.3 is 0 Å². The highest BCUT2D eigenvalue weighted by Gasteiger charge is 2.25. The van der Waals surface area contributed by atoms with Gasteiger partial charge in [0, 0.05) is 44.0 Å². The maximum absolute atomic E-state index is 8.96. The van der Waals surface area contributed by atoms with Crippen LogP contribution in [0.3, 0.4) is 0 Å². The van der Waals surface area contributed by atoms with Gasteiger partial charge in [-0.2, -0.15) is 5.10 Å². The normalized spacial score (nSPS) is 13.3. The Labute approximate surface area is 282 Å². The lowest BCUT2D eigenvalue weighted by Crippen LogP contribution is -2.20. The number of pyridine rings is 3. The summed E-state index contributed by atoms with van der Waals surface area (Å²) in [6, 6.07) is 49.0. The van der Waals surface area contributed by atoms with Gasteiger partial charge in [0.2, 0.25) is 0 Å². The Balaban J connectivity index is 1.24. The third-order valence-electron chi connectivity index (χ3n) is 8.93. The first-order valence-electron chi connectivity index (χ1n) is 16.2. The van der Waals surface area contributed by atoms with Crippen LogP contribution in [0, 0.1) is 5.41 Å². The van der Waals surface area contributed by atoms with Crippen LogP contribution in [-0.2, 0) is 0 Å². The molecule has 0 saturated carbocycles. The van der Waals surface area contributed by atoms with Crippen molar-refractivity contribution in [1.29, 1.82) is 5.41 Å². The molecule has 6 nitrogen and oxygen atoms in total. The standard InChI is InChI=1S/C43H28N6/c44-35-22-21-33-39(43(35)49-48-32-14-8-3-9-15-32)34-26-31(20-25-38(34)47-40(33)28-12-6-2-7-13-28)37-24-19-30-17-16-29-18-23-36(27-10-4-1-5-11-27)45-41(29)42(30)46-37/h1-26,44,48H. The molecule has 0 spiro atoms. The Bertz CT molecular complexity index is 2630. The number of hydrogen-bond acceptors (Lipinski definition) is 6. The molecule has 0 saturated heterocycles. The van der Waals surface area contributed by atoms with Crippen LogP contribution in [0.1, 0.15) is 11.1 Å². The summed E-state index contributed by atoms with van der Waals surface area (Å²) in [6.45, 7) is 0. The second kappa shape index (κ2) is 11.8. The minimum absolute atomic E-state index is 0.323. The molecular formula is C43H28N6. The maximum atomic E-state index is 8.96. The molecule has 1 aliphatic rings. The summed E-state index contributed by atoms with van der Waals surface area (Å²) in [7, 11) is 0. The van der Waals surface area contributed by atoms with Gasteiger partial charge in [-0.15, -0.1) is 0 Å². The Morgan fingerprint density at radius 2 is 1.12 bits per heavy atom. The second-order valence-electron chi connectivity index (χ2n) is 12.0. The van der Waals surface area contributed by atoms with E-state index in [2.05, 4.69) is 78.2 Å². The topological polar surface area (TPSA) is 86.9 Å². The summed E-state index contributed by atoms with van der Waals surface area (Å²) < 4.78 is 0. The van der Waals surface area contributed by atoms with Crippen molar-refractivity contribution in [2.75, 3.05) is 5.43 Å². The molecule has 1 aliphatic carbocycles. The average molecular weight is 629 g/mol. The van der Waals surface area contributed by atoms with Crippen LogP contribution in [0.25, 0.3) is 72.6 Å². The van der Waals surface area contributed by atoms with Gasteiger partial charge in [-0.1, -0.05) is 109 Å². The molecule has 0 radical (unpaired) electrons. The molecule has 0 fully saturated rings. The van der Waals surface area contributed by atoms with E-state index in [1.165, 1.54) is 0 Å². The molecule has 3 aromatic heterocycles. The molecule has 5 aromatic carbocycles. The molecule has 6 heteroatoms. The number of allylic oxidation sites excluding steroid dienone is 1. The number of para-hydroxylation sites is 1. The van der Waals surface area contributed by atoms with E-state index in [4.69, 9.17) is 25.5 Å². The van der Waals surface area contributed by atoms with Crippen molar-refractivity contribution >= 4 is 55.9 Å². The molecular weight excluding hydrogens is 601 g/mol. The fraction of sp³-hybridized carbons (Fsp3) is 0. The fourth-order valence-electron chi connectivity index (χ4n) is 6.50. The summed E-state index contributed by atoms with van der Waals surface area (Å²) in [6.07, 6.45) is 3.78. The van der Waals surface area contributed by atoms with Crippen molar-refractivity contribution in [3.63, 3.8) is 0 Å². The lowest BCUT2D eigenvalue weighted by Gasteiger charge is -2.20. The minimum Gasteiger partial charge on any atom is -0.299 e. The monoisotopic (exact) mass is 628 g/mol. The first-order chi connectivity index (χ1) is 24.2. The van der Waals surface area contributed by atoms with E-state index >= 15 is 0 Å². The summed E-state index contributed by atoms with van der Waals surface area (Å²) in [5.74, 6) is 0. The minimum atomic E-state index is 0.323. The van der Waals surface area contributed by atoms with E-state index < -0.39 is 0 Å². The number of anilines is 1. The van der Waals surface area contributed by atoms with Crippen molar-refractivity contribution in [2.45, 2.75) is 0 Å². The zero-order valence-electron chi connectivity index (χ0n) is 26.3. The first-order valence-corrected chi connectivity index (χ1v) is 16.2. The molecule has 3 heterocycles. The number of benzene rings is 5. The summed E-state index contributed by atoms with van der Waals surface area (Å²) >= 11 is 0. The van der Waals surface area contributed by atoms with Crippen molar-refractivity contribution in [1.82, 2.24) is 15.0 Å². The van der Waals surface area contributed by atoms with E-state index in [1.807, 2.05) is 78.9 Å². The van der Waals surface area contributed by atoms with Gasteiger partial charge in [0.1, 0.15) is 5.71 Å². The number of aromatic nitrogens is 3. The van der Waals surface area contributed by atoms with Crippen LogP contribution < -0.4 is 5.43 Å². The highest BCUT2D eigenvalue weighted by Crippen LogP contribution is 2.36. The van der Waals surface area contributed by atoms with Crippen molar-refractivity contribution in [3.8, 4) is 33.8 Å². The molecule has 49 heavy (non-hydrogen) atoms. The molecule has 0 amide bonds. The number of hydrogen-bond donors (Lipinski definition) is 2. The maximum Gasteiger partial charge on any atom is 0.117 e. The molecule has 9 rings (SSSR count). The number of fused-ring (bicyclic) bond motifs is 6. The Kier molecular flexibility index (Phi) is 6.84. The van der Waals surface area contributed by atoms with E-state index in [9.17, 15) is 0 Å². The molecule has 0 atom stereocenters. The van der Waals surface area contributed by atoms with Crippen LogP contribution in [0.5, 0.6) is 0 Å². The number of hydrazone groups is 1. The van der Waals surface area contributed by atoms with Crippen molar-refractivity contribution in [2.24, 2.45) is 5.10 Å². The highest BCUT2D eigenvalue weighted by molar-refractivity contribution is 6.55. The predicted octanol–water partition coefficient (Wildman–Crippen LogP) is 10.2. The van der Waals surface area contributed by atoms with Crippen LogP contribution in [0.4, 0.5) is 5.69 Å². The third-order valence-corrected chi connectivity index (χ3v) is 8.93. The van der Waals surface area contributed by atoms with Crippen LogP contribution in [-0.4, -0.2) is 26.4 Å². The Morgan fingerprint density at radius 1 is 0.531 bits per heavy atom. The van der Waals surface area contributed by atoms with Gasteiger partial charge in [0.25, 0.3) is 0 Å². The number of nitrogens with zero attached hydrogens (tertiary/aromatic N) is 4. The largest absolute Gasteiger partial charge is 0.299 e. The average Bonchev–Trinajstić information content (AvgIpc) is 3.17. The van der Waals surface area contributed by atoms with Gasteiger partial charge < -0.3 is 0 Å². The quantitative estimate of drug-likeness (QED) is 0.147. The van der Waals surface area contributed by atoms with Crippen molar-refractivity contribution < 1.29 is 0 Å². The van der Waals surface area contributed by atoms with E-state index in [0.717, 1.165) is 83.3 Å². The molecule has 0 bridgehead atoms. The SMILES string of the molecule is N=C1C=Cc2c(-c3ccccc3)nc3ccc(-c4ccc5ccc6ccc(-c7ccccc7)nc6c5n4)cc3c2C1=NNc1ccccc1. The predicted molar refractivity (Wildman–Crippen MR) is 202 cm³/mol. The second-order valence-corrected chi connectivity index (χ2v) is 12.0.